The minimum atomic E-state index is -0.449. The number of thioether (sulfide) groups is 1. The molecule has 1 aromatic heterocycles. The molecule has 0 radical (unpaired) electrons. The molecule has 0 saturated heterocycles. The summed E-state index contributed by atoms with van der Waals surface area (Å²) >= 11 is 1.09. The number of hydrogen-bond acceptors (Lipinski definition) is 6. The molecule has 2 aromatic carbocycles. The number of benzene rings is 2. The van der Waals surface area contributed by atoms with Crippen LogP contribution >= 0.6 is 11.8 Å². The molecule has 32 heavy (non-hydrogen) atoms. The van der Waals surface area contributed by atoms with E-state index in [4.69, 9.17) is 0 Å². The van der Waals surface area contributed by atoms with Crippen molar-refractivity contribution in [1.82, 2.24) is 15.2 Å². The lowest BCUT2D eigenvalue weighted by atomic mass is 10.1. The summed E-state index contributed by atoms with van der Waals surface area (Å²) in [6, 6.07) is 11.2. The van der Waals surface area contributed by atoms with Crippen LogP contribution in [0.15, 0.2) is 46.3 Å². The first-order valence-corrected chi connectivity index (χ1v) is 11.1. The Morgan fingerprint density at radius 3 is 2.34 bits per heavy atom. The number of anilines is 2. The summed E-state index contributed by atoms with van der Waals surface area (Å²) in [5, 5.41) is 14.0. The molecule has 0 atom stereocenters. The molecule has 0 saturated carbocycles. The van der Waals surface area contributed by atoms with Crippen LogP contribution in [0.5, 0.6) is 0 Å². The lowest BCUT2D eigenvalue weighted by molar-refractivity contribution is -0.116. The molecular formula is C23H25N5O3S. The maximum atomic E-state index is 12.7. The third-order valence-corrected chi connectivity index (χ3v) is 5.57. The van der Waals surface area contributed by atoms with Gasteiger partial charge in [0.25, 0.3) is 5.56 Å². The smallest absolute Gasteiger partial charge is 0.278 e. The van der Waals surface area contributed by atoms with Crippen LogP contribution in [0.1, 0.15) is 30.0 Å². The highest BCUT2D eigenvalue weighted by atomic mass is 32.2. The highest BCUT2D eigenvalue weighted by molar-refractivity contribution is 7.99. The average molecular weight is 452 g/mol. The largest absolute Gasteiger partial charge is 0.325 e. The van der Waals surface area contributed by atoms with Gasteiger partial charge in [-0.25, -0.2) is 0 Å². The lowest BCUT2D eigenvalue weighted by Gasteiger charge is -2.11. The van der Waals surface area contributed by atoms with Crippen molar-refractivity contribution in [2.75, 3.05) is 16.4 Å². The van der Waals surface area contributed by atoms with E-state index in [1.165, 1.54) is 0 Å². The van der Waals surface area contributed by atoms with Gasteiger partial charge < -0.3 is 10.6 Å². The molecule has 0 bridgehead atoms. The van der Waals surface area contributed by atoms with Crippen molar-refractivity contribution in [2.24, 2.45) is 0 Å². The van der Waals surface area contributed by atoms with E-state index in [-0.39, 0.29) is 28.4 Å². The minimum absolute atomic E-state index is 0.0690. The Balaban J connectivity index is 1.74. The molecule has 0 spiro atoms. The molecule has 166 valence electrons. The highest BCUT2D eigenvalue weighted by Crippen LogP contribution is 2.26. The van der Waals surface area contributed by atoms with Crippen molar-refractivity contribution >= 4 is 35.0 Å². The number of aromatic amines is 1. The first-order chi connectivity index (χ1) is 15.3. The van der Waals surface area contributed by atoms with Gasteiger partial charge in [0, 0.05) is 17.7 Å². The van der Waals surface area contributed by atoms with Crippen LogP contribution < -0.4 is 16.2 Å². The summed E-state index contributed by atoms with van der Waals surface area (Å²) in [5.41, 5.74) is 4.33. The number of rotatable bonds is 7. The van der Waals surface area contributed by atoms with Crippen LogP contribution in [-0.4, -0.2) is 32.7 Å². The molecule has 8 nitrogen and oxygen atoms in total. The molecule has 2 amide bonds. The lowest BCUT2D eigenvalue weighted by Crippen LogP contribution is -2.18. The van der Waals surface area contributed by atoms with E-state index in [0.29, 0.717) is 17.7 Å². The van der Waals surface area contributed by atoms with E-state index < -0.39 is 5.56 Å². The summed E-state index contributed by atoms with van der Waals surface area (Å²) in [6.07, 6.45) is 0.315. The molecule has 0 fully saturated rings. The van der Waals surface area contributed by atoms with Crippen LogP contribution in [0.2, 0.25) is 0 Å². The van der Waals surface area contributed by atoms with E-state index in [1.54, 1.807) is 19.1 Å². The zero-order valence-electron chi connectivity index (χ0n) is 18.4. The number of nitrogens with one attached hydrogen (secondary N) is 3. The fourth-order valence-corrected chi connectivity index (χ4v) is 3.56. The van der Waals surface area contributed by atoms with Gasteiger partial charge in [-0.2, -0.15) is 0 Å². The van der Waals surface area contributed by atoms with Gasteiger partial charge in [0.05, 0.1) is 11.4 Å². The maximum Gasteiger partial charge on any atom is 0.278 e. The van der Waals surface area contributed by atoms with Crippen molar-refractivity contribution in [3.63, 3.8) is 0 Å². The fourth-order valence-electron chi connectivity index (χ4n) is 2.96. The molecule has 0 aliphatic carbocycles. The van der Waals surface area contributed by atoms with Crippen LogP contribution in [0.3, 0.4) is 0 Å². The predicted molar refractivity (Wildman–Crippen MR) is 127 cm³/mol. The molecule has 3 aromatic rings. The van der Waals surface area contributed by atoms with Gasteiger partial charge in [-0.3, -0.25) is 19.4 Å². The first-order valence-electron chi connectivity index (χ1n) is 10.1. The Hall–Kier alpha value is -3.46. The number of carbonyl (C=O) groups excluding carboxylic acids is 2. The van der Waals surface area contributed by atoms with Crippen LogP contribution in [-0.2, 0) is 9.59 Å². The molecule has 9 heteroatoms. The molecule has 0 aliphatic heterocycles. The average Bonchev–Trinajstić information content (AvgIpc) is 2.76. The van der Waals surface area contributed by atoms with E-state index in [1.807, 2.05) is 45.0 Å². The molecule has 3 rings (SSSR count). The van der Waals surface area contributed by atoms with Crippen LogP contribution in [0.25, 0.3) is 11.3 Å². The van der Waals surface area contributed by atoms with Crippen molar-refractivity contribution in [2.45, 2.75) is 39.3 Å². The third-order valence-electron chi connectivity index (χ3n) is 4.71. The van der Waals surface area contributed by atoms with E-state index in [0.717, 1.165) is 34.1 Å². The number of H-pyrrole nitrogens is 1. The summed E-state index contributed by atoms with van der Waals surface area (Å²) in [5.74, 6) is -0.306. The molecule has 1 heterocycles. The van der Waals surface area contributed by atoms with E-state index in [9.17, 15) is 14.4 Å². The summed E-state index contributed by atoms with van der Waals surface area (Å²) < 4.78 is 0. The van der Waals surface area contributed by atoms with Gasteiger partial charge in [-0.05, 0) is 50.1 Å². The van der Waals surface area contributed by atoms with Crippen LogP contribution in [0.4, 0.5) is 11.4 Å². The van der Waals surface area contributed by atoms with Crippen LogP contribution in [0, 0.1) is 20.8 Å². The molecule has 0 aliphatic rings. The van der Waals surface area contributed by atoms with Gasteiger partial charge in [-0.15, -0.1) is 10.2 Å². The van der Waals surface area contributed by atoms with Crippen molar-refractivity contribution in [3.05, 3.63) is 63.4 Å². The Bertz CT molecular complexity index is 1220. The third kappa shape index (κ3) is 5.82. The Labute approximate surface area is 190 Å². The monoisotopic (exact) mass is 451 g/mol. The van der Waals surface area contributed by atoms with Crippen molar-refractivity contribution < 1.29 is 9.59 Å². The van der Waals surface area contributed by atoms with Crippen molar-refractivity contribution in [3.8, 4) is 11.3 Å². The van der Waals surface area contributed by atoms with Crippen molar-refractivity contribution in [1.29, 1.82) is 0 Å². The Morgan fingerprint density at radius 1 is 0.938 bits per heavy atom. The maximum absolute atomic E-state index is 12.7. The summed E-state index contributed by atoms with van der Waals surface area (Å²) in [7, 11) is 0. The zero-order chi connectivity index (χ0) is 23.3. The fraction of sp³-hybridized carbons (Fsp3) is 0.261. The number of nitrogens with zero attached hydrogens (tertiary/aromatic N) is 2. The molecular weight excluding hydrogens is 426 g/mol. The van der Waals surface area contributed by atoms with Gasteiger partial charge in [-0.1, -0.05) is 42.4 Å². The Kier molecular flexibility index (Phi) is 7.42. The number of aryl methyl sites for hydroxylation is 3. The number of aromatic nitrogens is 3. The van der Waals surface area contributed by atoms with Gasteiger partial charge in [0.1, 0.15) is 0 Å². The zero-order valence-corrected chi connectivity index (χ0v) is 19.2. The summed E-state index contributed by atoms with van der Waals surface area (Å²) in [4.78, 5) is 39.5. The van der Waals surface area contributed by atoms with Gasteiger partial charge >= 0.3 is 0 Å². The second-order valence-corrected chi connectivity index (χ2v) is 8.38. The number of amides is 2. The normalized spacial score (nSPS) is 10.6. The topological polar surface area (TPSA) is 117 Å². The standard InChI is InChI=1S/C23H25N5O3S/c1-5-19(29)24-17-9-7-13(2)10-16(17)21-22(31)26-23(28-27-21)32-12-20(30)25-18-11-14(3)6-8-15(18)4/h6-11H,5,12H2,1-4H3,(H,24,29)(H,25,30)(H,26,28,31). The quantitative estimate of drug-likeness (QED) is 0.470. The van der Waals surface area contributed by atoms with Gasteiger partial charge in [0.2, 0.25) is 11.8 Å². The second-order valence-electron chi connectivity index (χ2n) is 7.41. The number of hydrogen-bond donors (Lipinski definition) is 3. The second kappa shape index (κ2) is 10.2. The molecule has 3 N–H and O–H groups in total. The summed E-state index contributed by atoms with van der Waals surface area (Å²) in [6.45, 7) is 7.51. The molecule has 0 unspecified atom stereocenters. The number of carbonyl (C=O) groups is 2. The van der Waals surface area contributed by atoms with E-state index >= 15 is 0 Å². The Morgan fingerprint density at radius 2 is 1.62 bits per heavy atom. The predicted octanol–water partition coefficient (Wildman–Crippen LogP) is 3.84. The van der Waals surface area contributed by atoms with Gasteiger partial charge in [0.15, 0.2) is 10.9 Å². The minimum Gasteiger partial charge on any atom is -0.325 e. The first kappa shape index (κ1) is 23.2. The SMILES string of the molecule is CCC(=O)Nc1ccc(C)cc1-c1nnc(SCC(=O)Nc2cc(C)ccc2C)[nH]c1=O. The highest BCUT2D eigenvalue weighted by Gasteiger charge is 2.15. The van der Waals surface area contributed by atoms with E-state index in [2.05, 4.69) is 25.8 Å².